The van der Waals surface area contributed by atoms with E-state index in [0.717, 1.165) is 26.1 Å². The SMILES string of the molecule is COC(=O)C1CN(Cc2ccccc2)CC1c1ccc(N2CCC(CO[Si](C)(C)C(C)(C)C)C2)nc1F. The van der Waals surface area contributed by atoms with Gasteiger partial charge in [-0.25, -0.2) is 4.98 Å². The number of pyridine rings is 1. The molecule has 3 heterocycles. The molecule has 3 unspecified atom stereocenters. The third kappa shape index (κ3) is 6.41. The summed E-state index contributed by atoms with van der Waals surface area (Å²) in [6.07, 6.45) is 1.02. The van der Waals surface area contributed by atoms with Crippen molar-refractivity contribution in [2.24, 2.45) is 11.8 Å². The number of hydrogen-bond donors (Lipinski definition) is 0. The zero-order valence-electron chi connectivity index (χ0n) is 23.2. The molecule has 2 fully saturated rings. The van der Waals surface area contributed by atoms with Crippen LogP contribution in [0.15, 0.2) is 42.5 Å². The minimum atomic E-state index is -1.79. The van der Waals surface area contributed by atoms with Crippen LogP contribution < -0.4 is 4.90 Å². The summed E-state index contributed by atoms with van der Waals surface area (Å²) in [5, 5.41) is 0.185. The van der Waals surface area contributed by atoms with Crippen LogP contribution in [0, 0.1) is 17.8 Å². The monoisotopic (exact) mass is 527 g/mol. The van der Waals surface area contributed by atoms with Gasteiger partial charge < -0.3 is 14.1 Å². The molecule has 0 radical (unpaired) electrons. The van der Waals surface area contributed by atoms with E-state index >= 15 is 4.39 Å². The Kier molecular flexibility index (Phi) is 8.40. The lowest BCUT2D eigenvalue weighted by Gasteiger charge is -2.37. The van der Waals surface area contributed by atoms with E-state index < -0.39 is 20.2 Å². The molecule has 0 saturated carbocycles. The fourth-order valence-corrected chi connectivity index (χ4v) is 6.25. The first kappa shape index (κ1) is 27.7. The van der Waals surface area contributed by atoms with Crippen LogP contribution in [-0.4, -0.2) is 64.1 Å². The molecule has 4 rings (SSSR count). The molecule has 2 aliphatic rings. The van der Waals surface area contributed by atoms with Crippen LogP contribution in [0.4, 0.5) is 10.2 Å². The molecule has 1 aromatic carbocycles. The van der Waals surface area contributed by atoms with E-state index in [-0.39, 0.29) is 16.9 Å². The van der Waals surface area contributed by atoms with Gasteiger partial charge in [-0.1, -0.05) is 57.2 Å². The van der Waals surface area contributed by atoms with Crippen molar-refractivity contribution in [1.29, 1.82) is 0 Å². The summed E-state index contributed by atoms with van der Waals surface area (Å²) in [4.78, 5) is 21.3. The van der Waals surface area contributed by atoms with Gasteiger partial charge >= 0.3 is 5.97 Å². The second-order valence-electron chi connectivity index (χ2n) is 12.1. The molecule has 0 N–H and O–H groups in total. The number of aromatic nitrogens is 1. The summed E-state index contributed by atoms with van der Waals surface area (Å²) in [6, 6.07) is 13.9. The van der Waals surface area contributed by atoms with E-state index in [1.54, 1.807) is 0 Å². The van der Waals surface area contributed by atoms with Gasteiger partial charge in [0.2, 0.25) is 5.95 Å². The smallest absolute Gasteiger partial charge is 0.310 e. The first-order valence-electron chi connectivity index (χ1n) is 13.4. The lowest BCUT2D eigenvalue weighted by atomic mass is 9.89. The summed E-state index contributed by atoms with van der Waals surface area (Å²) in [7, 11) is -0.393. The van der Waals surface area contributed by atoms with Crippen LogP contribution in [0.1, 0.15) is 44.2 Å². The van der Waals surface area contributed by atoms with Crippen molar-refractivity contribution < 1.29 is 18.3 Å². The summed E-state index contributed by atoms with van der Waals surface area (Å²) >= 11 is 0. The van der Waals surface area contributed by atoms with Crippen molar-refractivity contribution in [3.05, 3.63) is 59.5 Å². The topological polar surface area (TPSA) is 54.9 Å². The highest BCUT2D eigenvalue weighted by atomic mass is 28.4. The number of rotatable bonds is 8. The second-order valence-corrected chi connectivity index (χ2v) is 16.9. The fourth-order valence-electron chi connectivity index (χ4n) is 5.17. The number of carbonyl (C=O) groups excluding carboxylic acids is 1. The van der Waals surface area contributed by atoms with Crippen molar-refractivity contribution >= 4 is 20.1 Å². The predicted octanol–water partition coefficient (Wildman–Crippen LogP) is 5.46. The first-order chi connectivity index (χ1) is 17.5. The van der Waals surface area contributed by atoms with Crippen molar-refractivity contribution in [3.63, 3.8) is 0 Å². The van der Waals surface area contributed by atoms with E-state index in [2.05, 4.69) is 60.8 Å². The first-order valence-corrected chi connectivity index (χ1v) is 16.3. The summed E-state index contributed by atoms with van der Waals surface area (Å²) in [5.41, 5.74) is 1.66. The van der Waals surface area contributed by atoms with E-state index in [4.69, 9.17) is 9.16 Å². The Bertz CT molecular complexity index is 1080. The third-order valence-electron chi connectivity index (χ3n) is 8.51. The Morgan fingerprint density at radius 3 is 2.49 bits per heavy atom. The molecule has 37 heavy (non-hydrogen) atoms. The van der Waals surface area contributed by atoms with Gasteiger partial charge in [-0.3, -0.25) is 9.69 Å². The van der Waals surface area contributed by atoms with Crippen molar-refractivity contribution in [3.8, 4) is 0 Å². The normalized spacial score (nSPS) is 23.0. The Morgan fingerprint density at radius 1 is 1.11 bits per heavy atom. The molecule has 0 aliphatic carbocycles. The average molecular weight is 528 g/mol. The second kappa shape index (κ2) is 11.2. The van der Waals surface area contributed by atoms with Crippen molar-refractivity contribution in [2.45, 2.75) is 57.8 Å². The highest BCUT2D eigenvalue weighted by Crippen LogP contribution is 2.38. The molecule has 2 saturated heterocycles. The lowest BCUT2D eigenvalue weighted by molar-refractivity contribution is -0.145. The quantitative estimate of drug-likeness (QED) is 0.258. The number of ether oxygens (including phenoxy) is 1. The largest absolute Gasteiger partial charge is 0.469 e. The zero-order valence-corrected chi connectivity index (χ0v) is 24.2. The van der Waals surface area contributed by atoms with Crippen molar-refractivity contribution in [2.75, 3.05) is 44.8 Å². The van der Waals surface area contributed by atoms with Crippen LogP contribution >= 0.6 is 0 Å². The van der Waals surface area contributed by atoms with E-state index in [1.807, 2.05) is 30.3 Å². The molecular formula is C29H42FN3O3Si. The number of halogens is 1. The number of carbonyl (C=O) groups is 1. The van der Waals surface area contributed by atoms with E-state index in [9.17, 15) is 4.79 Å². The zero-order chi connectivity index (χ0) is 26.8. The summed E-state index contributed by atoms with van der Waals surface area (Å²) < 4.78 is 27.0. The van der Waals surface area contributed by atoms with E-state index in [1.165, 1.54) is 12.7 Å². The number of likely N-dealkylation sites (tertiary alicyclic amines) is 1. The number of esters is 1. The van der Waals surface area contributed by atoms with Crippen LogP contribution in [0.3, 0.4) is 0 Å². The van der Waals surface area contributed by atoms with Gasteiger partial charge in [0, 0.05) is 56.7 Å². The maximum atomic E-state index is 15.5. The minimum absolute atomic E-state index is 0.185. The average Bonchev–Trinajstić information content (AvgIpc) is 3.50. The summed E-state index contributed by atoms with van der Waals surface area (Å²) in [6.45, 7) is 15.6. The molecule has 8 heteroatoms. The number of methoxy groups -OCH3 is 1. The fraction of sp³-hybridized carbons (Fsp3) is 0.586. The van der Waals surface area contributed by atoms with Gasteiger partial charge in [0.15, 0.2) is 8.32 Å². The standard InChI is InChI=1S/C29H42FN3O3Si/c1-29(2,3)37(5,6)36-20-22-14-15-33(17-22)26-13-12-23(27(30)31-26)24-18-32(19-25(24)28(34)35-4)16-21-10-8-7-9-11-21/h7-13,22,24-25H,14-20H2,1-6H3. The van der Waals surface area contributed by atoms with Gasteiger partial charge in [-0.15, -0.1) is 0 Å². The molecular weight excluding hydrogens is 485 g/mol. The van der Waals surface area contributed by atoms with Gasteiger partial charge in [-0.05, 0) is 36.2 Å². The number of anilines is 1. The Hall–Kier alpha value is -2.29. The molecule has 202 valence electrons. The highest BCUT2D eigenvalue weighted by molar-refractivity contribution is 6.74. The Labute approximate surface area is 222 Å². The predicted molar refractivity (Wildman–Crippen MR) is 148 cm³/mol. The molecule has 2 aliphatic heterocycles. The van der Waals surface area contributed by atoms with Crippen LogP contribution in [0.5, 0.6) is 0 Å². The Balaban J connectivity index is 1.43. The molecule has 0 bridgehead atoms. The molecule has 0 amide bonds. The van der Waals surface area contributed by atoms with Gasteiger partial charge in [-0.2, -0.15) is 4.39 Å². The number of nitrogens with zero attached hydrogens (tertiary/aromatic N) is 3. The molecule has 3 atom stereocenters. The maximum Gasteiger partial charge on any atom is 0.310 e. The minimum Gasteiger partial charge on any atom is -0.469 e. The molecule has 6 nitrogen and oxygen atoms in total. The molecule has 1 aromatic heterocycles. The van der Waals surface area contributed by atoms with Gasteiger partial charge in [0.25, 0.3) is 0 Å². The Morgan fingerprint density at radius 2 is 1.84 bits per heavy atom. The van der Waals surface area contributed by atoms with Crippen molar-refractivity contribution in [1.82, 2.24) is 9.88 Å². The molecule has 2 aromatic rings. The lowest BCUT2D eigenvalue weighted by Crippen LogP contribution is -2.42. The van der Waals surface area contributed by atoms with Crippen LogP contribution in [-0.2, 0) is 20.5 Å². The third-order valence-corrected chi connectivity index (χ3v) is 13.0. The van der Waals surface area contributed by atoms with Crippen LogP contribution in [0.2, 0.25) is 18.1 Å². The summed E-state index contributed by atoms with van der Waals surface area (Å²) in [5.74, 6) is -0.415. The van der Waals surface area contributed by atoms with E-state index in [0.29, 0.717) is 36.9 Å². The van der Waals surface area contributed by atoms with Crippen LogP contribution in [0.25, 0.3) is 0 Å². The van der Waals surface area contributed by atoms with Gasteiger partial charge in [0.1, 0.15) is 5.82 Å². The number of benzene rings is 1. The number of hydrogen-bond acceptors (Lipinski definition) is 6. The molecule has 0 spiro atoms. The maximum absolute atomic E-state index is 15.5. The van der Waals surface area contributed by atoms with Gasteiger partial charge in [0.05, 0.1) is 13.0 Å². The highest BCUT2D eigenvalue weighted by Gasteiger charge is 2.41.